The topological polar surface area (TPSA) is 131 Å². The highest BCUT2D eigenvalue weighted by molar-refractivity contribution is 7.89. The lowest BCUT2D eigenvalue weighted by atomic mass is 10.2. The molecule has 0 aliphatic carbocycles. The number of carbonyl (C=O) groups excluding carboxylic acids is 3. The van der Waals surface area contributed by atoms with Gasteiger partial charge in [0.25, 0.3) is 5.91 Å². The summed E-state index contributed by atoms with van der Waals surface area (Å²) in [5, 5.41) is 6.22. The zero-order valence-electron chi connectivity index (χ0n) is 14.5. The van der Waals surface area contributed by atoms with Gasteiger partial charge < -0.3 is 10.1 Å². The highest BCUT2D eigenvalue weighted by atomic mass is 32.2. The average Bonchev–Trinajstić information content (AvgIpc) is 3.18. The van der Waals surface area contributed by atoms with Crippen molar-refractivity contribution in [1.29, 1.82) is 0 Å². The minimum Gasteiger partial charge on any atom is -0.452 e. The number of rotatable bonds is 7. The van der Waals surface area contributed by atoms with Gasteiger partial charge in [0.1, 0.15) is 5.82 Å². The Morgan fingerprint density at radius 3 is 2.61 bits per heavy atom. The Labute approximate surface area is 163 Å². The van der Waals surface area contributed by atoms with Crippen LogP contribution in [0, 0.1) is 5.82 Å². The molecule has 2 rings (SSSR count). The molecule has 0 unspecified atom stereocenters. The van der Waals surface area contributed by atoms with Gasteiger partial charge in [0.05, 0.1) is 17.0 Å². The highest BCUT2D eigenvalue weighted by Gasteiger charge is 2.20. The number of urea groups is 1. The second-order valence-corrected chi connectivity index (χ2v) is 8.15. The van der Waals surface area contributed by atoms with Gasteiger partial charge in [-0.05, 0) is 36.7 Å². The van der Waals surface area contributed by atoms with Gasteiger partial charge in [-0.25, -0.2) is 27.1 Å². The lowest BCUT2D eigenvalue weighted by Gasteiger charge is -2.09. The summed E-state index contributed by atoms with van der Waals surface area (Å²) in [4.78, 5) is 35.7. The normalized spacial score (nSPS) is 10.9. The van der Waals surface area contributed by atoms with Gasteiger partial charge in [-0.3, -0.25) is 10.1 Å². The molecular formula is C16H16FN3O6S2. The van der Waals surface area contributed by atoms with Crippen molar-refractivity contribution < 1.29 is 31.9 Å². The molecule has 1 aromatic heterocycles. The third kappa shape index (κ3) is 5.84. The first-order valence-corrected chi connectivity index (χ1v) is 10.1. The van der Waals surface area contributed by atoms with Gasteiger partial charge in [0.2, 0.25) is 10.0 Å². The van der Waals surface area contributed by atoms with Crippen LogP contribution in [0.15, 0.2) is 40.6 Å². The van der Waals surface area contributed by atoms with E-state index in [4.69, 9.17) is 0 Å². The highest BCUT2D eigenvalue weighted by Crippen LogP contribution is 2.16. The average molecular weight is 429 g/mol. The third-order valence-electron chi connectivity index (χ3n) is 3.33. The van der Waals surface area contributed by atoms with E-state index >= 15 is 0 Å². The Kier molecular flexibility index (Phi) is 7.20. The molecule has 12 heteroatoms. The number of carbonyl (C=O) groups is 3. The molecule has 0 aliphatic rings. The van der Waals surface area contributed by atoms with Crippen molar-refractivity contribution in [2.24, 2.45) is 0 Å². The molecule has 9 nitrogen and oxygen atoms in total. The molecule has 1 aromatic carbocycles. The van der Waals surface area contributed by atoms with Gasteiger partial charge in [-0.2, -0.15) is 0 Å². The van der Waals surface area contributed by atoms with Crippen LogP contribution in [-0.4, -0.2) is 40.0 Å². The fraction of sp³-hybridized carbons (Fsp3) is 0.188. The zero-order valence-corrected chi connectivity index (χ0v) is 16.2. The second-order valence-electron chi connectivity index (χ2n) is 5.24. The van der Waals surface area contributed by atoms with Crippen molar-refractivity contribution in [3.05, 3.63) is 52.0 Å². The molecule has 150 valence electrons. The van der Waals surface area contributed by atoms with E-state index in [0.29, 0.717) is 0 Å². The third-order valence-corrected chi connectivity index (χ3v) is 5.62. The fourth-order valence-electron chi connectivity index (χ4n) is 1.94. The van der Waals surface area contributed by atoms with Gasteiger partial charge in [0.15, 0.2) is 6.61 Å². The van der Waals surface area contributed by atoms with E-state index in [0.717, 1.165) is 30.1 Å². The first kappa shape index (κ1) is 21.5. The van der Waals surface area contributed by atoms with Gasteiger partial charge >= 0.3 is 12.0 Å². The SMILES string of the molecule is CNS(=O)(=O)c1ccc(F)c(C(=O)OCC(=O)NC(=O)NCc2cccs2)c1. The molecule has 0 fully saturated rings. The Hall–Kier alpha value is -2.83. The van der Waals surface area contributed by atoms with Crippen LogP contribution < -0.4 is 15.4 Å². The molecule has 0 aliphatic heterocycles. The fourth-order valence-corrected chi connectivity index (χ4v) is 3.34. The summed E-state index contributed by atoms with van der Waals surface area (Å²) in [6.07, 6.45) is 0. The smallest absolute Gasteiger partial charge is 0.341 e. The molecule has 0 saturated heterocycles. The van der Waals surface area contributed by atoms with Crippen LogP contribution in [0.5, 0.6) is 0 Å². The number of amides is 3. The monoisotopic (exact) mass is 429 g/mol. The Morgan fingerprint density at radius 1 is 1.21 bits per heavy atom. The number of halogens is 1. The lowest BCUT2D eigenvalue weighted by molar-refractivity contribution is -0.123. The maximum absolute atomic E-state index is 13.8. The van der Waals surface area contributed by atoms with Crippen molar-refractivity contribution in [1.82, 2.24) is 15.4 Å². The number of hydrogen-bond acceptors (Lipinski definition) is 7. The number of esters is 1. The van der Waals surface area contributed by atoms with E-state index in [1.807, 2.05) is 15.4 Å². The molecule has 0 saturated carbocycles. The van der Waals surface area contributed by atoms with Crippen LogP contribution in [0.25, 0.3) is 0 Å². The van der Waals surface area contributed by atoms with E-state index in [2.05, 4.69) is 10.1 Å². The summed E-state index contributed by atoms with van der Waals surface area (Å²) in [7, 11) is -2.74. The predicted octanol–water partition coefficient (Wildman–Crippen LogP) is 0.978. The summed E-state index contributed by atoms with van der Waals surface area (Å²) < 4.78 is 43.9. The van der Waals surface area contributed by atoms with E-state index in [1.165, 1.54) is 11.3 Å². The summed E-state index contributed by atoms with van der Waals surface area (Å²) in [6, 6.07) is 5.37. The number of nitrogens with one attached hydrogen (secondary N) is 3. The second kappa shape index (κ2) is 9.39. The van der Waals surface area contributed by atoms with Crippen molar-refractivity contribution in [2.75, 3.05) is 13.7 Å². The predicted molar refractivity (Wildman–Crippen MR) is 97.6 cm³/mol. The minimum absolute atomic E-state index is 0.217. The molecule has 0 spiro atoms. The molecule has 3 N–H and O–H groups in total. The maximum Gasteiger partial charge on any atom is 0.341 e. The minimum atomic E-state index is -3.90. The van der Waals surface area contributed by atoms with Crippen LogP contribution in [-0.2, 0) is 26.1 Å². The largest absolute Gasteiger partial charge is 0.452 e. The van der Waals surface area contributed by atoms with Crippen molar-refractivity contribution >= 4 is 39.3 Å². The van der Waals surface area contributed by atoms with Crippen LogP contribution in [0.1, 0.15) is 15.2 Å². The molecule has 0 radical (unpaired) electrons. The first-order chi connectivity index (χ1) is 13.2. The van der Waals surface area contributed by atoms with E-state index < -0.39 is 45.9 Å². The van der Waals surface area contributed by atoms with Crippen LogP contribution in [0.4, 0.5) is 9.18 Å². The summed E-state index contributed by atoms with van der Waals surface area (Å²) in [5.41, 5.74) is -0.661. The number of sulfonamides is 1. The Balaban J connectivity index is 1.90. The van der Waals surface area contributed by atoms with Crippen LogP contribution >= 0.6 is 11.3 Å². The van der Waals surface area contributed by atoms with Crippen molar-refractivity contribution in [3.63, 3.8) is 0 Å². The number of ether oxygens (including phenoxy) is 1. The quantitative estimate of drug-likeness (QED) is 0.563. The molecule has 0 bridgehead atoms. The number of imide groups is 1. The number of benzene rings is 1. The maximum atomic E-state index is 13.8. The molecule has 0 atom stereocenters. The van der Waals surface area contributed by atoms with Crippen LogP contribution in [0.3, 0.4) is 0 Å². The van der Waals surface area contributed by atoms with Crippen LogP contribution in [0.2, 0.25) is 0 Å². The summed E-state index contributed by atoms with van der Waals surface area (Å²) in [5.74, 6) is -3.20. The molecule has 2 aromatic rings. The Morgan fingerprint density at radius 2 is 1.96 bits per heavy atom. The molecular weight excluding hydrogens is 413 g/mol. The van der Waals surface area contributed by atoms with Crippen molar-refractivity contribution in [2.45, 2.75) is 11.4 Å². The van der Waals surface area contributed by atoms with Gasteiger partial charge in [-0.15, -0.1) is 11.3 Å². The number of thiophene rings is 1. The van der Waals surface area contributed by atoms with E-state index in [9.17, 15) is 27.2 Å². The number of hydrogen-bond donors (Lipinski definition) is 3. The molecule has 3 amide bonds. The Bertz CT molecular complexity index is 976. The zero-order chi connectivity index (χ0) is 20.7. The first-order valence-electron chi connectivity index (χ1n) is 7.73. The van der Waals surface area contributed by atoms with E-state index in [-0.39, 0.29) is 11.4 Å². The van der Waals surface area contributed by atoms with Gasteiger partial charge in [-0.1, -0.05) is 6.07 Å². The standard InChI is InChI=1S/C16H16FN3O6S2/c1-18-28(24,25)11-4-5-13(17)12(7-11)15(22)26-9-14(21)20-16(23)19-8-10-3-2-6-27-10/h2-7,18H,8-9H2,1H3,(H2,19,20,21,23). The molecule has 28 heavy (non-hydrogen) atoms. The molecule has 1 heterocycles. The van der Waals surface area contributed by atoms with Gasteiger partial charge in [0, 0.05) is 4.88 Å². The van der Waals surface area contributed by atoms with Crippen molar-refractivity contribution in [3.8, 4) is 0 Å². The van der Waals surface area contributed by atoms with E-state index in [1.54, 1.807) is 12.1 Å². The summed E-state index contributed by atoms with van der Waals surface area (Å²) >= 11 is 1.42. The summed E-state index contributed by atoms with van der Waals surface area (Å²) in [6.45, 7) is -0.637. The lowest BCUT2D eigenvalue weighted by Crippen LogP contribution is -2.41.